The van der Waals surface area contributed by atoms with Gasteiger partial charge < -0.3 is 9.80 Å². The number of likely N-dealkylation sites (tertiary alicyclic amines) is 2. The number of aromatic nitrogens is 2. The molecule has 0 N–H and O–H groups in total. The minimum Gasteiger partial charge on any atom is -0.336 e. The number of hydrogen-bond acceptors (Lipinski definition) is 3. The van der Waals surface area contributed by atoms with Gasteiger partial charge in [-0.05, 0) is 45.6 Å². The van der Waals surface area contributed by atoms with Gasteiger partial charge in [0.1, 0.15) is 12.2 Å². The Morgan fingerprint density at radius 1 is 1.35 bits per heavy atom. The van der Waals surface area contributed by atoms with Gasteiger partial charge in [0.05, 0.1) is 17.3 Å². The van der Waals surface area contributed by atoms with E-state index in [0.717, 1.165) is 30.4 Å². The fraction of sp³-hybridized carbons (Fsp3) is 0.722. The Bertz CT molecular complexity index is 705. The molecule has 0 radical (unpaired) electrons. The van der Waals surface area contributed by atoms with Crippen LogP contribution >= 0.6 is 0 Å². The van der Waals surface area contributed by atoms with Gasteiger partial charge in [0.25, 0.3) is 6.43 Å². The van der Waals surface area contributed by atoms with E-state index in [2.05, 4.69) is 5.10 Å². The van der Waals surface area contributed by atoms with Crippen LogP contribution in [0.1, 0.15) is 57.3 Å². The van der Waals surface area contributed by atoms with Crippen LogP contribution in [0.5, 0.6) is 0 Å². The summed E-state index contributed by atoms with van der Waals surface area (Å²) in [6.45, 7) is 6.35. The monoisotopic (exact) mass is 368 g/mol. The molecule has 3 rings (SSSR count). The molecule has 2 atom stereocenters. The van der Waals surface area contributed by atoms with Gasteiger partial charge in [-0.3, -0.25) is 14.3 Å². The molecule has 8 heteroatoms. The summed E-state index contributed by atoms with van der Waals surface area (Å²) >= 11 is 0. The number of hydrogen-bond donors (Lipinski definition) is 0. The zero-order chi connectivity index (χ0) is 19.1. The van der Waals surface area contributed by atoms with Crippen molar-refractivity contribution in [3.05, 3.63) is 17.5 Å². The normalized spacial score (nSPS) is 26.2. The molecule has 1 aromatic heterocycles. The quantitative estimate of drug-likeness (QED) is 0.824. The molecule has 0 aliphatic carbocycles. The number of carbonyl (C=O) groups excluding carboxylic acids is 2. The Balaban J connectivity index is 1.82. The largest absolute Gasteiger partial charge is 0.336 e. The van der Waals surface area contributed by atoms with Crippen LogP contribution in [0.25, 0.3) is 0 Å². The average Bonchev–Trinajstić information content (AvgIpc) is 2.93. The molecule has 2 fully saturated rings. The van der Waals surface area contributed by atoms with Crippen molar-refractivity contribution in [2.45, 2.75) is 71.0 Å². The van der Waals surface area contributed by atoms with Crippen LogP contribution in [0.3, 0.4) is 0 Å². The Morgan fingerprint density at radius 2 is 2.08 bits per heavy atom. The van der Waals surface area contributed by atoms with E-state index in [1.54, 1.807) is 18.7 Å². The predicted molar refractivity (Wildman–Crippen MR) is 91.7 cm³/mol. The second-order valence-corrected chi connectivity index (χ2v) is 7.55. The molecule has 0 unspecified atom stereocenters. The van der Waals surface area contributed by atoms with E-state index in [0.29, 0.717) is 18.8 Å². The van der Waals surface area contributed by atoms with Crippen molar-refractivity contribution >= 4 is 11.8 Å². The van der Waals surface area contributed by atoms with Crippen LogP contribution < -0.4 is 0 Å². The molecule has 1 aromatic rings. The smallest absolute Gasteiger partial charge is 0.280 e. The minimum absolute atomic E-state index is 0.0224. The second kappa shape index (κ2) is 6.96. The molecule has 0 saturated carbocycles. The van der Waals surface area contributed by atoms with Crippen LogP contribution in [0.15, 0.2) is 6.07 Å². The van der Waals surface area contributed by atoms with Gasteiger partial charge in [-0.25, -0.2) is 8.78 Å². The van der Waals surface area contributed by atoms with Crippen LogP contribution in [-0.4, -0.2) is 56.1 Å². The number of amides is 2. The SMILES string of the molecule is CC(=O)N1CCC[C@@H]2N(C(=O)Cn3nc(C)cc3C(F)F)CCC[C@@]21C. The van der Waals surface area contributed by atoms with E-state index >= 15 is 0 Å². The standard InChI is InChI=1S/C18H26F2N4O2/c1-12-10-14(17(19)20)24(21-12)11-16(26)22-8-5-7-18(3)15(22)6-4-9-23(18)13(2)25/h10,15,17H,4-9,11H2,1-3H3/t15-,18-/m0/s1. The van der Waals surface area contributed by atoms with Crippen LogP contribution in [-0.2, 0) is 16.1 Å². The van der Waals surface area contributed by atoms with Gasteiger partial charge in [0, 0.05) is 20.0 Å². The molecule has 144 valence electrons. The second-order valence-electron chi connectivity index (χ2n) is 7.55. The first-order valence-corrected chi connectivity index (χ1v) is 9.14. The van der Waals surface area contributed by atoms with Crippen molar-refractivity contribution < 1.29 is 18.4 Å². The maximum Gasteiger partial charge on any atom is 0.280 e. The molecule has 2 aliphatic rings. The van der Waals surface area contributed by atoms with Crippen LogP contribution in [0.4, 0.5) is 8.78 Å². The van der Waals surface area contributed by atoms with E-state index in [4.69, 9.17) is 0 Å². The average molecular weight is 368 g/mol. The molecule has 3 heterocycles. The number of alkyl halides is 2. The number of rotatable bonds is 3. The third kappa shape index (κ3) is 3.21. The molecular formula is C18H26F2N4O2. The molecule has 2 amide bonds. The molecule has 6 nitrogen and oxygen atoms in total. The minimum atomic E-state index is -2.67. The Hall–Kier alpha value is -1.99. The summed E-state index contributed by atoms with van der Waals surface area (Å²) in [6.07, 6.45) is 0.643. The van der Waals surface area contributed by atoms with E-state index in [1.807, 2.05) is 11.8 Å². The summed E-state index contributed by atoms with van der Waals surface area (Å²) in [5, 5.41) is 4.06. The summed E-state index contributed by atoms with van der Waals surface area (Å²) in [5.41, 5.74) is -0.148. The molecule has 26 heavy (non-hydrogen) atoms. The number of halogens is 2. The number of nitrogens with zero attached hydrogens (tertiary/aromatic N) is 4. The lowest BCUT2D eigenvalue weighted by atomic mass is 9.76. The highest BCUT2D eigenvalue weighted by molar-refractivity contribution is 5.78. The Morgan fingerprint density at radius 3 is 2.73 bits per heavy atom. The highest BCUT2D eigenvalue weighted by Crippen LogP contribution is 2.39. The van der Waals surface area contributed by atoms with Gasteiger partial charge in [-0.15, -0.1) is 0 Å². The maximum atomic E-state index is 13.2. The van der Waals surface area contributed by atoms with Crippen molar-refractivity contribution in [3.8, 4) is 0 Å². The predicted octanol–water partition coefficient (Wildman–Crippen LogP) is 2.52. The van der Waals surface area contributed by atoms with Gasteiger partial charge in [0.2, 0.25) is 11.8 Å². The van der Waals surface area contributed by atoms with Crippen molar-refractivity contribution in [2.75, 3.05) is 13.1 Å². The molecule has 2 aliphatic heterocycles. The first-order chi connectivity index (χ1) is 12.2. The van der Waals surface area contributed by atoms with Gasteiger partial charge in [-0.2, -0.15) is 5.10 Å². The van der Waals surface area contributed by atoms with Crippen molar-refractivity contribution in [2.24, 2.45) is 0 Å². The Kier molecular flexibility index (Phi) is 5.03. The van der Waals surface area contributed by atoms with E-state index in [-0.39, 0.29) is 35.6 Å². The molecule has 0 aromatic carbocycles. The molecule has 2 saturated heterocycles. The first-order valence-electron chi connectivity index (χ1n) is 9.14. The number of fused-ring (bicyclic) bond motifs is 1. The maximum absolute atomic E-state index is 13.2. The summed E-state index contributed by atoms with van der Waals surface area (Å²) < 4.78 is 27.5. The summed E-state index contributed by atoms with van der Waals surface area (Å²) in [7, 11) is 0. The third-order valence-electron chi connectivity index (χ3n) is 5.79. The number of piperidine rings is 2. The summed E-state index contributed by atoms with van der Waals surface area (Å²) in [5.74, 6) is -0.189. The lowest BCUT2D eigenvalue weighted by molar-refractivity contribution is -0.155. The molecule has 0 spiro atoms. The molecule has 0 bridgehead atoms. The highest BCUT2D eigenvalue weighted by atomic mass is 19.3. The van der Waals surface area contributed by atoms with Crippen LogP contribution in [0.2, 0.25) is 0 Å². The lowest BCUT2D eigenvalue weighted by Crippen LogP contribution is -2.68. The van der Waals surface area contributed by atoms with E-state index in [1.165, 1.54) is 6.07 Å². The summed E-state index contributed by atoms with van der Waals surface area (Å²) in [6, 6.07) is 1.24. The fourth-order valence-corrected chi connectivity index (χ4v) is 4.65. The molecular weight excluding hydrogens is 342 g/mol. The lowest BCUT2D eigenvalue weighted by Gasteiger charge is -2.56. The zero-order valence-electron chi connectivity index (χ0n) is 15.5. The number of carbonyl (C=O) groups is 2. The fourth-order valence-electron chi connectivity index (χ4n) is 4.65. The topological polar surface area (TPSA) is 58.4 Å². The highest BCUT2D eigenvalue weighted by Gasteiger charge is 2.49. The number of aryl methyl sites for hydroxylation is 1. The van der Waals surface area contributed by atoms with Gasteiger partial charge in [0.15, 0.2) is 0 Å². The first kappa shape index (κ1) is 18.8. The third-order valence-corrected chi connectivity index (χ3v) is 5.79. The summed E-state index contributed by atoms with van der Waals surface area (Å²) in [4.78, 5) is 28.7. The van der Waals surface area contributed by atoms with E-state index < -0.39 is 6.43 Å². The van der Waals surface area contributed by atoms with Crippen molar-refractivity contribution in [1.82, 2.24) is 19.6 Å². The van der Waals surface area contributed by atoms with E-state index in [9.17, 15) is 18.4 Å². The zero-order valence-corrected chi connectivity index (χ0v) is 15.5. The van der Waals surface area contributed by atoms with Crippen molar-refractivity contribution in [3.63, 3.8) is 0 Å². The van der Waals surface area contributed by atoms with Gasteiger partial charge >= 0.3 is 0 Å². The Labute approximate surface area is 152 Å². The van der Waals surface area contributed by atoms with Crippen LogP contribution in [0, 0.1) is 6.92 Å². The van der Waals surface area contributed by atoms with Crippen molar-refractivity contribution in [1.29, 1.82) is 0 Å². The van der Waals surface area contributed by atoms with Gasteiger partial charge in [-0.1, -0.05) is 0 Å².